The molecule has 0 bridgehead atoms. The molecule has 0 radical (unpaired) electrons. The fourth-order valence-electron chi connectivity index (χ4n) is 2.98. The maximum atomic E-state index is 11.9. The molecule has 9 nitrogen and oxygen atoms in total. The van der Waals surface area contributed by atoms with Gasteiger partial charge < -0.3 is 14.2 Å². The summed E-state index contributed by atoms with van der Waals surface area (Å²) < 4.78 is 14.8. The number of aliphatic imine (C=N–C) groups is 1. The van der Waals surface area contributed by atoms with Crippen LogP contribution in [0.5, 0.6) is 0 Å². The van der Waals surface area contributed by atoms with Crippen molar-refractivity contribution >= 4 is 35.3 Å². The second-order valence-electron chi connectivity index (χ2n) is 7.25. The number of ketones is 1. The number of nitrogens with zero attached hydrogens (tertiary/aromatic N) is 1. The zero-order valence-electron chi connectivity index (χ0n) is 19.1. The third kappa shape index (κ3) is 8.40. The van der Waals surface area contributed by atoms with Crippen molar-refractivity contribution in [1.82, 2.24) is 0 Å². The summed E-state index contributed by atoms with van der Waals surface area (Å²) in [6.07, 6.45) is 3.63. The summed E-state index contributed by atoms with van der Waals surface area (Å²) in [6.45, 7) is -0.166. The lowest BCUT2D eigenvalue weighted by Gasteiger charge is -2.06. The largest absolute Gasteiger partial charge is 0.494 e. The molecule has 0 heterocycles. The second kappa shape index (κ2) is 13.6. The van der Waals surface area contributed by atoms with Gasteiger partial charge in [-0.1, -0.05) is 54.6 Å². The first-order valence-corrected chi connectivity index (χ1v) is 10.8. The van der Waals surface area contributed by atoms with Gasteiger partial charge in [-0.15, -0.1) is 0 Å². The Balaban J connectivity index is 1.32. The zero-order valence-corrected chi connectivity index (χ0v) is 19.1. The molecule has 0 atom stereocenters. The molecule has 182 valence electrons. The maximum absolute atomic E-state index is 11.9. The van der Waals surface area contributed by atoms with Gasteiger partial charge in [0.25, 0.3) is 5.78 Å². The van der Waals surface area contributed by atoms with Crippen molar-refractivity contribution in [3.8, 4) is 0 Å². The molecule has 0 aliphatic carbocycles. The molecule has 9 heteroatoms. The predicted molar refractivity (Wildman–Crippen MR) is 130 cm³/mol. The van der Waals surface area contributed by atoms with Crippen LogP contribution in [-0.2, 0) is 30.2 Å². The molecular formula is C27H22N2O7. The summed E-state index contributed by atoms with van der Waals surface area (Å²) in [5.41, 5.74) is 3.41. The number of hydrogen-bond donors (Lipinski definition) is 1. The summed E-state index contributed by atoms with van der Waals surface area (Å²) >= 11 is 0. The summed E-state index contributed by atoms with van der Waals surface area (Å²) in [5.74, 6) is -1.71. The first kappa shape index (κ1) is 25.6. The van der Waals surface area contributed by atoms with Gasteiger partial charge >= 0.3 is 12.1 Å². The number of isocyanates is 1. The normalized spacial score (nSPS) is 10.2. The SMILES string of the molecule is O=C=Nc1ccc(Cc2ccc(NC(=O)OC=COCCOC(=O)C(=O)c3ccccc3)cc2)cc1. The molecule has 0 aliphatic rings. The standard InChI is InChI=1S/C27H22N2O7/c30-19-28-23-10-6-20(7-11-23)18-21-8-12-24(13-9-21)29-27(33)36-17-15-34-14-16-35-26(32)25(31)22-4-2-1-3-5-22/h1-13,15,17H,14,16,18H2,(H,29,33). The van der Waals surface area contributed by atoms with E-state index in [1.807, 2.05) is 24.3 Å². The number of carbonyl (C=O) groups excluding carboxylic acids is 4. The number of nitrogens with one attached hydrogen (secondary N) is 1. The lowest BCUT2D eigenvalue weighted by atomic mass is 10.0. The Morgan fingerprint density at radius 1 is 0.833 bits per heavy atom. The van der Waals surface area contributed by atoms with Crippen LogP contribution in [0.2, 0.25) is 0 Å². The van der Waals surface area contributed by atoms with Gasteiger partial charge in [0.1, 0.15) is 25.7 Å². The highest BCUT2D eigenvalue weighted by Gasteiger charge is 2.17. The second-order valence-corrected chi connectivity index (χ2v) is 7.25. The molecule has 3 aromatic rings. The summed E-state index contributed by atoms with van der Waals surface area (Å²) in [4.78, 5) is 49.3. The Bertz CT molecular complexity index is 1250. The van der Waals surface area contributed by atoms with Gasteiger partial charge in [-0.2, -0.15) is 4.99 Å². The third-order valence-corrected chi connectivity index (χ3v) is 4.70. The summed E-state index contributed by atoms with van der Waals surface area (Å²) in [6, 6.07) is 22.5. The number of benzene rings is 3. The Morgan fingerprint density at radius 3 is 2.17 bits per heavy atom. The van der Waals surface area contributed by atoms with E-state index >= 15 is 0 Å². The highest BCUT2D eigenvalue weighted by molar-refractivity contribution is 6.40. The van der Waals surface area contributed by atoms with Crippen molar-refractivity contribution in [2.45, 2.75) is 6.42 Å². The fraction of sp³-hybridized carbons (Fsp3) is 0.111. The van der Waals surface area contributed by atoms with Crippen molar-refractivity contribution < 1.29 is 33.4 Å². The fourth-order valence-corrected chi connectivity index (χ4v) is 2.98. The number of hydrogen-bond acceptors (Lipinski definition) is 8. The lowest BCUT2D eigenvalue weighted by molar-refractivity contribution is -0.139. The molecule has 36 heavy (non-hydrogen) atoms. The van der Waals surface area contributed by atoms with Gasteiger partial charge in [-0.05, 0) is 41.8 Å². The number of anilines is 1. The van der Waals surface area contributed by atoms with Gasteiger partial charge in [0.2, 0.25) is 6.08 Å². The Labute approximate surface area is 207 Å². The van der Waals surface area contributed by atoms with Crippen molar-refractivity contribution in [2.75, 3.05) is 18.5 Å². The van der Waals surface area contributed by atoms with Gasteiger partial charge in [0.05, 0.1) is 5.69 Å². The Hall–Kier alpha value is -5.01. The molecule has 0 saturated heterocycles. The van der Waals surface area contributed by atoms with Crippen molar-refractivity contribution in [1.29, 1.82) is 0 Å². The van der Waals surface area contributed by atoms with Crippen molar-refractivity contribution in [3.05, 3.63) is 108 Å². The van der Waals surface area contributed by atoms with Crippen LogP contribution in [0, 0.1) is 0 Å². The van der Waals surface area contributed by atoms with Crippen LogP contribution in [0.3, 0.4) is 0 Å². The molecule has 0 spiro atoms. The summed E-state index contributed by atoms with van der Waals surface area (Å²) in [5, 5.41) is 2.58. The van der Waals surface area contributed by atoms with E-state index in [1.54, 1.807) is 42.5 Å². The topological polar surface area (TPSA) is 120 Å². The molecule has 0 aromatic heterocycles. The van der Waals surface area contributed by atoms with Crippen LogP contribution >= 0.6 is 0 Å². The predicted octanol–water partition coefficient (Wildman–Crippen LogP) is 4.71. The number of esters is 1. The Morgan fingerprint density at radius 2 is 1.50 bits per heavy atom. The molecular weight excluding hydrogens is 464 g/mol. The molecule has 3 aromatic carbocycles. The summed E-state index contributed by atoms with van der Waals surface area (Å²) in [7, 11) is 0. The van der Waals surface area contributed by atoms with Gasteiger partial charge in [0.15, 0.2) is 0 Å². The van der Waals surface area contributed by atoms with E-state index in [0.29, 0.717) is 17.8 Å². The molecule has 0 aliphatic heterocycles. The van der Waals surface area contributed by atoms with Crippen LogP contribution in [0.4, 0.5) is 16.2 Å². The molecule has 0 saturated carbocycles. The highest BCUT2D eigenvalue weighted by Crippen LogP contribution is 2.17. The molecule has 1 N–H and O–H groups in total. The van der Waals surface area contributed by atoms with Gasteiger partial charge in [-0.3, -0.25) is 10.1 Å². The van der Waals surface area contributed by atoms with Gasteiger partial charge in [0, 0.05) is 11.3 Å². The number of amides is 1. The third-order valence-electron chi connectivity index (χ3n) is 4.70. The molecule has 0 fully saturated rings. The molecule has 0 unspecified atom stereocenters. The molecule has 3 rings (SSSR count). The van der Waals surface area contributed by atoms with Crippen LogP contribution < -0.4 is 5.32 Å². The van der Waals surface area contributed by atoms with Crippen LogP contribution in [0.25, 0.3) is 0 Å². The average molecular weight is 486 g/mol. The van der Waals surface area contributed by atoms with Crippen molar-refractivity contribution in [2.24, 2.45) is 4.99 Å². The number of carbonyl (C=O) groups is 3. The van der Waals surface area contributed by atoms with E-state index in [2.05, 4.69) is 10.3 Å². The zero-order chi connectivity index (χ0) is 25.6. The maximum Gasteiger partial charge on any atom is 0.416 e. The van der Waals surface area contributed by atoms with E-state index in [-0.39, 0.29) is 18.8 Å². The minimum atomic E-state index is -0.974. The highest BCUT2D eigenvalue weighted by atomic mass is 16.6. The van der Waals surface area contributed by atoms with E-state index < -0.39 is 17.8 Å². The van der Waals surface area contributed by atoms with Crippen LogP contribution in [0.1, 0.15) is 21.5 Å². The minimum absolute atomic E-state index is 0.0240. The van der Waals surface area contributed by atoms with Crippen LogP contribution in [0.15, 0.2) is 96.4 Å². The number of rotatable bonds is 11. The Kier molecular flexibility index (Phi) is 9.70. The average Bonchev–Trinajstić information content (AvgIpc) is 2.90. The minimum Gasteiger partial charge on any atom is -0.494 e. The number of Topliss-reactive ketones (excluding diaryl/α,β-unsaturated/α-hetero) is 1. The monoisotopic (exact) mass is 486 g/mol. The first-order chi connectivity index (χ1) is 17.5. The van der Waals surface area contributed by atoms with E-state index in [0.717, 1.165) is 23.7 Å². The first-order valence-electron chi connectivity index (χ1n) is 10.8. The number of ether oxygens (including phenoxy) is 3. The quantitative estimate of drug-likeness (QED) is 0.0793. The van der Waals surface area contributed by atoms with E-state index in [1.165, 1.54) is 18.2 Å². The smallest absolute Gasteiger partial charge is 0.416 e. The van der Waals surface area contributed by atoms with Crippen molar-refractivity contribution in [3.63, 3.8) is 0 Å². The van der Waals surface area contributed by atoms with Gasteiger partial charge in [-0.25, -0.2) is 14.4 Å². The lowest BCUT2D eigenvalue weighted by Crippen LogP contribution is -2.19. The van der Waals surface area contributed by atoms with E-state index in [4.69, 9.17) is 14.2 Å². The van der Waals surface area contributed by atoms with E-state index in [9.17, 15) is 19.2 Å². The molecule has 1 amide bonds. The van der Waals surface area contributed by atoms with Crippen LogP contribution in [-0.4, -0.2) is 37.1 Å².